The van der Waals surface area contributed by atoms with Gasteiger partial charge in [0.05, 0.1) is 11.1 Å². The van der Waals surface area contributed by atoms with E-state index in [4.69, 9.17) is 14.2 Å². The average Bonchev–Trinajstić information content (AvgIpc) is 3.21. The summed E-state index contributed by atoms with van der Waals surface area (Å²) < 4.78 is 18.6. The Kier molecular flexibility index (Phi) is 6.70. The third-order valence-electron chi connectivity index (χ3n) is 5.55. The third-order valence-corrected chi connectivity index (χ3v) is 5.55. The predicted molar refractivity (Wildman–Crippen MR) is 121 cm³/mol. The minimum absolute atomic E-state index is 0.114. The summed E-state index contributed by atoms with van der Waals surface area (Å²) >= 11 is 0. The lowest BCUT2D eigenvalue weighted by Gasteiger charge is -2.19. The van der Waals surface area contributed by atoms with Crippen molar-refractivity contribution in [1.82, 2.24) is 4.57 Å². The molecule has 170 valence electrons. The fraction of sp³-hybridized carbons (Fsp3) is 0.269. The Balaban J connectivity index is 1.49. The second-order valence-corrected chi connectivity index (χ2v) is 8.09. The number of aromatic nitrogens is 1. The molecule has 2 heterocycles. The summed E-state index contributed by atoms with van der Waals surface area (Å²) in [6, 6.07) is 18.9. The number of benzene rings is 2. The van der Waals surface area contributed by atoms with Crippen LogP contribution in [0.5, 0.6) is 0 Å². The Labute approximate surface area is 191 Å². The van der Waals surface area contributed by atoms with Crippen molar-refractivity contribution in [3.05, 3.63) is 106 Å². The first-order chi connectivity index (χ1) is 15.9. The van der Waals surface area contributed by atoms with Crippen molar-refractivity contribution in [1.29, 1.82) is 0 Å². The Morgan fingerprint density at radius 2 is 1.52 bits per heavy atom. The maximum atomic E-state index is 12.7. The van der Waals surface area contributed by atoms with Crippen molar-refractivity contribution in [2.75, 3.05) is 6.61 Å². The lowest BCUT2D eigenvalue weighted by Crippen LogP contribution is -2.32. The van der Waals surface area contributed by atoms with E-state index in [1.165, 1.54) is 10.6 Å². The van der Waals surface area contributed by atoms with E-state index in [1.807, 2.05) is 38.1 Å². The van der Waals surface area contributed by atoms with Crippen molar-refractivity contribution in [3.8, 4) is 0 Å². The van der Waals surface area contributed by atoms with E-state index >= 15 is 0 Å². The number of carbonyl (C=O) groups is 2. The monoisotopic (exact) mass is 447 g/mol. The van der Waals surface area contributed by atoms with Crippen LogP contribution < -0.4 is 5.56 Å². The van der Waals surface area contributed by atoms with Gasteiger partial charge in [0.2, 0.25) is 0 Å². The van der Waals surface area contributed by atoms with Gasteiger partial charge in [-0.3, -0.25) is 9.36 Å². The zero-order chi connectivity index (χ0) is 23.4. The van der Waals surface area contributed by atoms with E-state index < -0.39 is 30.4 Å². The highest BCUT2D eigenvalue weighted by molar-refractivity contribution is 5.90. The van der Waals surface area contributed by atoms with Gasteiger partial charge in [-0.2, -0.15) is 0 Å². The van der Waals surface area contributed by atoms with Crippen molar-refractivity contribution in [2.45, 2.75) is 38.7 Å². The topological polar surface area (TPSA) is 83.8 Å². The van der Waals surface area contributed by atoms with Crippen LogP contribution in [0.4, 0.5) is 0 Å². The van der Waals surface area contributed by atoms with Crippen LogP contribution in [0.2, 0.25) is 0 Å². The van der Waals surface area contributed by atoms with Crippen LogP contribution in [0.1, 0.15) is 44.5 Å². The van der Waals surface area contributed by atoms with E-state index in [2.05, 4.69) is 0 Å². The van der Waals surface area contributed by atoms with Crippen molar-refractivity contribution >= 4 is 11.9 Å². The zero-order valence-corrected chi connectivity index (χ0v) is 18.5. The van der Waals surface area contributed by atoms with Gasteiger partial charge in [-0.1, -0.05) is 41.5 Å². The van der Waals surface area contributed by atoms with Crippen LogP contribution in [-0.2, 0) is 14.2 Å². The zero-order valence-electron chi connectivity index (χ0n) is 18.5. The molecular formula is C26H25NO6. The molecule has 3 aromatic rings. The molecule has 0 bridgehead atoms. The lowest BCUT2D eigenvalue weighted by atomic mass is 10.1. The van der Waals surface area contributed by atoms with Gasteiger partial charge >= 0.3 is 11.9 Å². The molecule has 0 unspecified atom stereocenters. The van der Waals surface area contributed by atoms with Gasteiger partial charge in [-0.25, -0.2) is 9.59 Å². The van der Waals surface area contributed by atoms with Crippen LogP contribution >= 0.6 is 0 Å². The maximum absolute atomic E-state index is 12.7. The number of rotatable bonds is 6. The summed E-state index contributed by atoms with van der Waals surface area (Å²) in [6.45, 7) is 3.75. The molecule has 1 saturated heterocycles. The van der Waals surface area contributed by atoms with Crippen molar-refractivity contribution in [3.63, 3.8) is 0 Å². The molecule has 1 aromatic heterocycles. The van der Waals surface area contributed by atoms with Gasteiger partial charge in [0, 0.05) is 18.7 Å². The van der Waals surface area contributed by atoms with E-state index in [1.54, 1.807) is 42.6 Å². The van der Waals surface area contributed by atoms with Gasteiger partial charge in [0.15, 0.2) is 0 Å². The Hall–Kier alpha value is -3.71. The Morgan fingerprint density at radius 1 is 0.909 bits per heavy atom. The van der Waals surface area contributed by atoms with E-state index in [0.717, 1.165) is 11.1 Å². The van der Waals surface area contributed by atoms with Crippen LogP contribution in [-0.4, -0.2) is 35.3 Å². The molecule has 0 N–H and O–H groups in total. The molecule has 2 aromatic carbocycles. The number of hydrogen-bond donors (Lipinski definition) is 0. The molecule has 7 nitrogen and oxygen atoms in total. The lowest BCUT2D eigenvalue weighted by molar-refractivity contribution is -0.0579. The minimum Gasteiger partial charge on any atom is -0.459 e. The summed E-state index contributed by atoms with van der Waals surface area (Å²) in [5.74, 6) is -0.998. The quantitative estimate of drug-likeness (QED) is 0.534. The van der Waals surface area contributed by atoms with Crippen LogP contribution in [0.25, 0.3) is 0 Å². The highest BCUT2D eigenvalue weighted by Crippen LogP contribution is 2.31. The maximum Gasteiger partial charge on any atom is 0.338 e. The second-order valence-electron chi connectivity index (χ2n) is 8.09. The van der Waals surface area contributed by atoms with E-state index in [9.17, 15) is 14.4 Å². The number of nitrogens with zero attached hydrogens (tertiary/aromatic N) is 1. The first-order valence-electron chi connectivity index (χ1n) is 10.7. The molecule has 0 saturated carbocycles. The molecule has 3 atom stereocenters. The summed E-state index contributed by atoms with van der Waals surface area (Å²) in [6.07, 6.45) is -0.175. The van der Waals surface area contributed by atoms with Crippen LogP contribution in [0.15, 0.2) is 77.7 Å². The van der Waals surface area contributed by atoms with Crippen LogP contribution in [0, 0.1) is 13.8 Å². The molecule has 0 radical (unpaired) electrons. The highest BCUT2D eigenvalue weighted by Gasteiger charge is 2.40. The molecule has 33 heavy (non-hydrogen) atoms. The SMILES string of the molecule is Cc1ccc(C(=O)OC[C@H]2O[C@@H](n3ccccc3=O)C[C@@H]2OC(=O)c2ccc(C)cc2)cc1. The van der Waals surface area contributed by atoms with Crippen molar-refractivity contribution < 1.29 is 23.8 Å². The van der Waals surface area contributed by atoms with Gasteiger partial charge in [-0.15, -0.1) is 0 Å². The molecule has 0 spiro atoms. The fourth-order valence-electron chi connectivity index (χ4n) is 3.65. The third kappa shape index (κ3) is 5.38. The number of hydrogen-bond acceptors (Lipinski definition) is 6. The van der Waals surface area contributed by atoms with E-state index in [0.29, 0.717) is 11.1 Å². The molecule has 0 amide bonds. The Morgan fingerprint density at radius 3 is 2.12 bits per heavy atom. The minimum atomic E-state index is -0.717. The summed E-state index contributed by atoms with van der Waals surface area (Å²) in [5.41, 5.74) is 2.66. The number of carbonyl (C=O) groups excluding carboxylic acids is 2. The molecular weight excluding hydrogens is 422 g/mol. The standard InChI is InChI=1S/C26H25NO6/c1-17-6-10-19(11-7-17)25(29)31-16-22-21(33-26(30)20-12-8-18(2)9-13-20)15-24(32-22)27-14-4-3-5-23(27)28/h3-14,21-22,24H,15-16H2,1-2H3/t21-,22+,24+/m0/s1. The van der Waals surface area contributed by atoms with Gasteiger partial charge in [0.25, 0.3) is 5.56 Å². The molecule has 1 aliphatic rings. The number of aryl methyl sites for hydroxylation is 2. The first-order valence-corrected chi connectivity index (χ1v) is 10.7. The molecule has 1 fully saturated rings. The Bertz CT molecular complexity index is 1180. The van der Waals surface area contributed by atoms with Gasteiger partial charge < -0.3 is 14.2 Å². The normalized spacial score (nSPS) is 19.8. The van der Waals surface area contributed by atoms with Gasteiger partial charge in [-0.05, 0) is 44.2 Å². The molecule has 4 rings (SSSR count). The van der Waals surface area contributed by atoms with Crippen molar-refractivity contribution in [2.24, 2.45) is 0 Å². The largest absolute Gasteiger partial charge is 0.459 e. The van der Waals surface area contributed by atoms with Gasteiger partial charge in [0.1, 0.15) is 25.0 Å². The summed E-state index contributed by atoms with van der Waals surface area (Å²) in [7, 11) is 0. The summed E-state index contributed by atoms with van der Waals surface area (Å²) in [5, 5.41) is 0. The smallest absolute Gasteiger partial charge is 0.338 e. The predicted octanol–water partition coefficient (Wildman–Crippen LogP) is 3.84. The number of pyridine rings is 1. The molecule has 0 aliphatic carbocycles. The molecule has 1 aliphatic heterocycles. The van der Waals surface area contributed by atoms with E-state index in [-0.39, 0.29) is 18.6 Å². The first kappa shape index (κ1) is 22.5. The van der Waals surface area contributed by atoms with Crippen LogP contribution in [0.3, 0.4) is 0 Å². The highest BCUT2D eigenvalue weighted by atomic mass is 16.6. The number of ether oxygens (including phenoxy) is 3. The number of esters is 2. The second kappa shape index (κ2) is 9.83. The summed E-state index contributed by atoms with van der Waals surface area (Å²) in [4.78, 5) is 37.4. The fourth-order valence-corrected chi connectivity index (χ4v) is 3.65. The average molecular weight is 447 g/mol. The molecule has 7 heteroatoms.